The van der Waals surface area contributed by atoms with Crippen LogP contribution in [-0.2, 0) is 11.2 Å². The second-order valence-corrected chi connectivity index (χ2v) is 9.78. The Morgan fingerprint density at radius 1 is 1.03 bits per heavy atom. The third-order valence-corrected chi connectivity index (χ3v) is 6.96. The van der Waals surface area contributed by atoms with Crippen LogP contribution >= 0.6 is 15.9 Å². The van der Waals surface area contributed by atoms with Gasteiger partial charge in [0, 0.05) is 23.1 Å². The highest BCUT2D eigenvalue weighted by Crippen LogP contribution is 2.24. The van der Waals surface area contributed by atoms with E-state index in [2.05, 4.69) is 26.6 Å². The molecule has 0 aromatic heterocycles. The van der Waals surface area contributed by atoms with E-state index < -0.39 is 5.97 Å². The number of carbonyl (C=O) groups excluding carboxylic acids is 2. The molecule has 3 aromatic carbocycles. The monoisotopic (exact) mass is 565 g/mol. The van der Waals surface area contributed by atoms with E-state index >= 15 is 0 Å². The van der Waals surface area contributed by atoms with Crippen LogP contribution in [0.25, 0.3) is 0 Å². The maximum atomic E-state index is 13.1. The van der Waals surface area contributed by atoms with Crippen LogP contribution in [0.4, 0.5) is 16.2 Å². The molecule has 0 spiro atoms. The zero-order valence-electron chi connectivity index (χ0n) is 20.4. The Morgan fingerprint density at radius 2 is 1.76 bits per heavy atom. The number of carboxylic acids is 1. The number of para-hydroxylation sites is 1. The number of carbonyl (C=O) groups is 3. The molecule has 37 heavy (non-hydrogen) atoms. The van der Waals surface area contributed by atoms with Gasteiger partial charge >= 0.3 is 12.0 Å². The summed E-state index contributed by atoms with van der Waals surface area (Å²) in [7, 11) is 0. The van der Waals surface area contributed by atoms with Gasteiger partial charge in [0.1, 0.15) is 12.5 Å². The van der Waals surface area contributed by atoms with Crippen LogP contribution in [-0.4, -0.2) is 47.1 Å². The van der Waals surface area contributed by atoms with Gasteiger partial charge in [-0.3, -0.25) is 9.69 Å². The second kappa shape index (κ2) is 12.0. The number of urea groups is 1. The van der Waals surface area contributed by atoms with Crippen molar-refractivity contribution in [1.82, 2.24) is 4.90 Å². The average molecular weight is 566 g/mol. The minimum Gasteiger partial charge on any atom is -0.478 e. The van der Waals surface area contributed by atoms with E-state index in [1.165, 1.54) is 12.1 Å². The molecule has 0 saturated carbocycles. The van der Waals surface area contributed by atoms with E-state index in [0.717, 1.165) is 35.0 Å². The lowest BCUT2D eigenvalue weighted by atomic mass is 10.00. The molecule has 1 aliphatic rings. The summed E-state index contributed by atoms with van der Waals surface area (Å²) in [5.41, 5.74) is 3.29. The number of halogens is 1. The normalized spacial score (nSPS) is 15.2. The number of benzene rings is 3. The molecule has 0 aliphatic carbocycles. The standard InChI is InChI=1S/C28H28BrN3O5/c1-18-15-19(8-13-23(18)30-28(36)31-24-6-3-2-5-22(24)29)16-26(33)25-7-4-14-32(25)17-37-21-11-9-20(10-12-21)27(34)35/h2-3,5-6,8-13,15,25H,4,7,14,16-17H2,1H3,(H,34,35)(H2,30,31,36)/t25-/m0/s1. The fourth-order valence-corrected chi connectivity index (χ4v) is 4.71. The number of amides is 2. The van der Waals surface area contributed by atoms with Crippen LogP contribution in [0.1, 0.15) is 34.3 Å². The number of nitrogens with zero attached hydrogens (tertiary/aromatic N) is 1. The van der Waals surface area contributed by atoms with Crippen LogP contribution in [0.3, 0.4) is 0 Å². The van der Waals surface area contributed by atoms with Gasteiger partial charge in [0.15, 0.2) is 5.78 Å². The molecule has 2 amide bonds. The number of hydrogen-bond acceptors (Lipinski definition) is 5. The highest BCUT2D eigenvalue weighted by Gasteiger charge is 2.30. The summed E-state index contributed by atoms with van der Waals surface area (Å²) in [6.45, 7) is 2.92. The maximum Gasteiger partial charge on any atom is 0.335 e. The molecule has 1 aliphatic heterocycles. The Balaban J connectivity index is 1.31. The Kier molecular flexibility index (Phi) is 8.58. The molecular formula is C28H28BrN3O5. The van der Waals surface area contributed by atoms with E-state index in [0.29, 0.717) is 23.5 Å². The summed E-state index contributed by atoms with van der Waals surface area (Å²) in [5, 5.41) is 14.7. The molecule has 3 aromatic rings. The minimum absolute atomic E-state index is 0.120. The molecule has 4 rings (SSSR count). The van der Waals surface area contributed by atoms with E-state index in [4.69, 9.17) is 9.84 Å². The molecular weight excluding hydrogens is 538 g/mol. The first-order chi connectivity index (χ1) is 17.8. The second-order valence-electron chi connectivity index (χ2n) is 8.92. The van der Waals surface area contributed by atoms with Crippen molar-refractivity contribution in [3.8, 4) is 5.75 Å². The first-order valence-electron chi connectivity index (χ1n) is 11.9. The molecule has 0 unspecified atom stereocenters. The zero-order chi connectivity index (χ0) is 26.4. The van der Waals surface area contributed by atoms with Gasteiger partial charge in [-0.2, -0.15) is 0 Å². The lowest BCUT2D eigenvalue weighted by molar-refractivity contribution is -0.123. The Hall–Kier alpha value is -3.69. The number of nitrogens with one attached hydrogen (secondary N) is 2. The predicted octanol–water partition coefficient (Wildman–Crippen LogP) is 5.71. The summed E-state index contributed by atoms with van der Waals surface area (Å²) < 4.78 is 6.60. The fraction of sp³-hybridized carbons (Fsp3) is 0.250. The molecule has 1 saturated heterocycles. The van der Waals surface area contributed by atoms with E-state index in [-0.39, 0.29) is 30.2 Å². The third kappa shape index (κ3) is 6.96. The van der Waals surface area contributed by atoms with Crippen molar-refractivity contribution in [2.24, 2.45) is 0 Å². The molecule has 0 radical (unpaired) electrons. The Morgan fingerprint density at radius 3 is 2.46 bits per heavy atom. The van der Waals surface area contributed by atoms with Crippen LogP contribution in [0.5, 0.6) is 5.75 Å². The summed E-state index contributed by atoms with van der Waals surface area (Å²) in [6.07, 6.45) is 1.97. The van der Waals surface area contributed by atoms with E-state index in [1.807, 2.05) is 48.2 Å². The first kappa shape index (κ1) is 26.4. The number of carboxylic acid groups (broad SMARTS) is 1. The lowest BCUT2D eigenvalue weighted by Crippen LogP contribution is -2.39. The molecule has 3 N–H and O–H groups in total. The Labute approximate surface area is 223 Å². The van der Waals surface area contributed by atoms with Crippen molar-refractivity contribution in [3.63, 3.8) is 0 Å². The van der Waals surface area contributed by atoms with Gasteiger partial charge in [-0.1, -0.05) is 24.3 Å². The van der Waals surface area contributed by atoms with Gasteiger partial charge in [0.25, 0.3) is 0 Å². The summed E-state index contributed by atoms with van der Waals surface area (Å²) in [4.78, 5) is 38.6. The van der Waals surface area contributed by atoms with Crippen molar-refractivity contribution in [2.45, 2.75) is 32.2 Å². The first-order valence-corrected chi connectivity index (χ1v) is 12.7. The topological polar surface area (TPSA) is 108 Å². The van der Waals surface area contributed by atoms with Crippen molar-refractivity contribution in [1.29, 1.82) is 0 Å². The van der Waals surface area contributed by atoms with Crippen LogP contribution in [0, 0.1) is 6.92 Å². The number of aromatic carboxylic acids is 1. The zero-order valence-corrected chi connectivity index (χ0v) is 22.0. The molecule has 8 nitrogen and oxygen atoms in total. The largest absolute Gasteiger partial charge is 0.478 e. The van der Waals surface area contributed by atoms with Crippen molar-refractivity contribution in [3.05, 3.63) is 87.9 Å². The summed E-state index contributed by atoms with van der Waals surface area (Å²) in [5.74, 6) is -0.306. The molecule has 1 fully saturated rings. The van der Waals surface area contributed by atoms with Crippen molar-refractivity contribution >= 4 is 45.1 Å². The number of anilines is 2. The maximum absolute atomic E-state index is 13.1. The minimum atomic E-state index is -0.987. The van der Waals surface area contributed by atoms with E-state index in [9.17, 15) is 14.4 Å². The SMILES string of the molecule is Cc1cc(CC(=O)[C@@H]2CCCN2COc2ccc(C(=O)O)cc2)ccc1NC(=O)Nc1ccccc1Br. The highest BCUT2D eigenvalue weighted by atomic mass is 79.9. The number of ether oxygens (including phenoxy) is 1. The molecule has 9 heteroatoms. The van der Waals surface area contributed by atoms with Crippen LogP contribution < -0.4 is 15.4 Å². The number of likely N-dealkylation sites (tertiary alicyclic amines) is 1. The number of Topliss-reactive ketones (excluding diaryl/α,β-unsaturated/α-hetero) is 1. The summed E-state index contributed by atoms with van der Waals surface area (Å²) >= 11 is 3.41. The fourth-order valence-electron chi connectivity index (χ4n) is 4.33. The van der Waals surface area contributed by atoms with Gasteiger partial charge in [-0.25, -0.2) is 9.59 Å². The number of rotatable bonds is 9. The molecule has 192 valence electrons. The quantitative estimate of drug-likeness (QED) is 0.306. The van der Waals surface area contributed by atoms with Crippen LogP contribution in [0.15, 0.2) is 71.2 Å². The Bertz CT molecular complexity index is 1300. The molecule has 0 bridgehead atoms. The van der Waals surface area contributed by atoms with Gasteiger partial charge in [0.05, 0.1) is 17.3 Å². The van der Waals surface area contributed by atoms with Crippen LogP contribution in [0.2, 0.25) is 0 Å². The number of hydrogen-bond donors (Lipinski definition) is 3. The molecule has 1 heterocycles. The van der Waals surface area contributed by atoms with Crippen molar-refractivity contribution in [2.75, 3.05) is 23.9 Å². The smallest absolute Gasteiger partial charge is 0.335 e. The average Bonchev–Trinajstić information content (AvgIpc) is 3.35. The van der Waals surface area contributed by atoms with Gasteiger partial charge in [-0.15, -0.1) is 0 Å². The van der Waals surface area contributed by atoms with Gasteiger partial charge in [0.2, 0.25) is 0 Å². The molecule has 1 atom stereocenters. The lowest BCUT2D eigenvalue weighted by Gasteiger charge is -2.23. The summed E-state index contributed by atoms with van der Waals surface area (Å²) in [6, 6.07) is 18.6. The van der Waals surface area contributed by atoms with Crippen molar-refractivity contribution < 1.29 is 24.2 Å². The van der Waals surface area contributed by atoms with E-state index in [1.54, 1.807) is 18.2 Å². The highest BCUT2D eigenvalue weighted by molar-refractivity contribution is 9.10. The van der Waals surface area contributed by atoms with Gasteiger partial charge < -0.3 is 20.5 Å². The number of ketones is 1. The number of aryl methyl sites for hydroxylation is 1. The van der Waals surface area contributed by atoms with Gasteiger partial charge in [-0.05, 0) is 89.3 Å². The third-order valence-electron chi connectivity index (χ3n) is 6.27. The predicted molar refractivity (Wildman–Crippen MR) is 145 cm³/mol.